The summed E-state index contributed by atoms with van der Waals surface area (Å²) in [5.74, 6) is -0.742. The van der Waals surface area contributed by atoms with E-state index in [9.17, 15) is 14.7 Å². The number of carboxylic acid groups (broad SMARTS) is 1. The fourth-order valence-electron chi connectivity index (χ4n) is 3.32. The van der Waals surface area contributed by atoms with E-state index in [1.807, 2.05) is 0 Å². The van der Waals surface area contributed by atoms with Crippen molar-refractivity contribution in [2.45, 2.75) is 90.4 Å². The number of hydrogen-bond donors (Lipinski definition) is 1. The Balaban J connectivity index is 1.85. The number of ether oxygens (including phenoxy) is 1. The standard InChI is InChI=1S/C20H37NO4S/c1-2-3-13-18(19(22)23)14-11-9-7-5-4-6-8-10-12-15-21-16-17-25-20(24)26-21/h18H,2-17H2,1H3,(H,22,23). The normalized spacial score (nSPS) is 16.4. The maximum atomic E-state index is 11.2. The molecule has 26 heavy (non-hydrogen) atoms. The first-order chi connectivity index (χ1) is 12.6. The highest BCUT2D eigenvalue weighted by Gasteiger charge is 2.18. The van der Waals surface area contributed by atoms with Crippen LogP contribution in [0.1, 0.15) is 90.4 Å². The third-order valence-electron chi connectivity index (χ3n) is 4.98. The number of nitrogens with zero attached hydrogens (tertiary/aromatic N) is 1. The van der Waals surface area contributed by atoms with E-state index in [-0.39, 0.29) is 11.2 Å². The third-order valence-corrected chi connectivity index (χ3v) is 5.87. The van der Waals surface area contributed by atoms with E-state index >= 15 is 0 Å². The Bertz CT molecular complexity index is 392. The van der Waals surface area contributed by atoms with E-state index in [2.05, 4.69) is 11.2 Å². The van der Waals surface area contributed by atoms with Gasteiger partial charge in [-0.2, -0.15) is 0 Å². The number of aliphatic carboxylic acids is 1. The van der Waals surface area contributed by atoms with Crippen LogP contribution in [0.4, 0.5) is 4.79 Å². The Morgan fingerprint density at radius 1 is 1.04 bits per heavy atom. The van der Waals surface area contributed by atoms with Gasteiger partial charge >= 0.3 is 11.3 Å². The van der Waals surface area contributed by atoms with Gasteiger partial charge in [-0.1, -0.05) is 71.1 Å². The quantitative estimate of drug-likeness (QED) is 0.203. The van der Waals surface area contributed by atoms with Crippen LogP contribution in [0.15, 0.2) is 0 Å². The second-order valence-corrected chi connectivity index (χ2v) is 8.30. The predicted molar refractivity (Wildman–Crippen MR) is 107 cm³/mol. The van der Waals surface area contributed by atoms with Crippen LogP contribution >= 0.6 is 11.9 Å². The lowest BCUT2D eigenvalue weighted by Crippen LogP contribution is -2.29. The van der Waals surface area contributed by atoms with Gasteiger partial charge < -0.3 is 9.84 Å². The van der Waals surface area contributed by atoms with Crippen molar-refractivity contribution in [1.29, 1.82) is 0 Å². The van der Waals surface area contributed by atoms with Crippen molar-refractivity contribution in [2.24, 2.45) is 5.92 Å². The minimum absolute atomic E-state index is 0.130. The summed E-state index contributed by atoms with van der Waals surface area (Å²) in [5.41, 5.74) is 0. The summed E-state index contributed by atoms with van der Waals surface area (Å²) in [4.78, 5) is 22.3. The van der Waals surface area contributed by atoms with E-state index in [1.165, 1.54) is 50.5 Å². The molecule has 1 aliphatic rings. The number of carbonyl (C=O) groups excluding carboxylic acids is 1. The van der Waals surface area contributed by atoms with Gasteiger partial charge in [-0.05, 0) is 19.3 Å². The summed E-state index contributed by atoms with van der Waals surface area (Å²) in [5, 5.41) is 9.04. The van der Waals surface area contributed by atoms with E-state index in [0.29, 0.717) is 6.61 Å². The summed E-state index contributed by atoms with van der Waals surface area (Å²) < 4.78 is 7.01. The Kier molecular flexibility index (Phi) is 13.7. The molecule has 6 heteroatoms. The van der Waals surface area contributed by atoms with Gasteiger partial charge in [-0.3, -0.25) is 4.79 Å². The molecule has 0 aromatic carbocycles. The van der Waals surface area contributed by atoms with Gasteiger partial charge in [0.2, 0.25) is 0 Å². The highest BCUT2D eigenvalue weighted by Crippen LogP contribution is 2.20. The van der Waals surface area contributed by atoms with Crippen molar-refractivity contribution in [3.8, 4) is 0 Å². The summed E-state index contributed by atoms with van der Waals surface area (Å²) in [6, 6.07) is 0. The molecule has 1 aliphatic heterocycles. The Morgan fingerprint density at radius 3 is 2.19 bits per heavy atom. The zero-order chi connectivity index (χ0) is 19.0. The topological polar surface area (TPSA) is 66.8 Å². The van der Waals surface area contributed by atoms with Crippen molar-refractivity contribution >= 4 is 23.2 Å². The molecule has 0 amide bonds. The second kappa shape index (κ2) is 15.3. The van der Waals surface area contributed by atoms with E-state index in [0.717, 1.165) is 58.0 Å². The van der Waals surface area contributed by atoms with Crippen molar-refractivity contribution in [3.05, 3.63) is 0 Å². The molecule has 0 spiro atoms. The zero-order valence-electron chi connectivity index (χ0n) is 16.4. The van der Waals surface area contributed by atoms with Crippen molar-refractivity contribution in [1.82, 2.24) is 4.31 Å². The van der Waals surface area contributed by atoms with Gasteiger partial charge in [0.25, 0.3) is 0 Å². The molecule has 1 fully saturated rings. The van der Waals surface area contributed by atoms with Crippen LogP contribution in [0.5, 0.6) is 0 Å². The van der Waals surface area contributed by atoms with E-state index in [1.54, 1.807) is 0 Å². The predicted octanol–water partition coefficient (Wildman–Crippen LogP) is 5.88. The number of carbonyl (C=O) groups is 2. The van der Waals surface area contributed by atoms with Crippen LogP contribution in [0.25, 0.3) is 0 Å². The minimum atomic E-state index is -0.613. The molecule has 1 atom stereocenters. The van der Waals surface area contributed by atoms with Crippen LogP contribution in [0, 0.1) is 5.92 Å². The van der Waals surface area contributed by atoms with Crippen molar-refractivity contribution in [3.63, 3.8) is 0 Å². The molecule has 0 aromatic rings. The van der Waals surface area contributed by atoms with Crippen LogP contribution < -0.4 is 0 Å². The molecule has 0 radical (unpaired) electrons. The monoisotopic (exact) mass is 387 g/mol. The van der Waals surface area contributed by atoms with Gasteiger partial charge in [-0.25, -0.2) is 9.10 Å². The van der Waals surface area contributed by atoms with Crippen LogP contribution in [-0.2, 0) is 9.53 Å². The molecule has 1 N–H and O–H groups in total. The molecule has 152 valence electrons. The van der Waals surface area contributed by atoms with Gasteiger partial charge in [0, 0.05) is 25.0 Å². The van der Waals surface area contributed by atoms with Crippen LogP contribution in [0.2, 0.25) is 0 Å². The Morgan fingerprint density at radius 2 is 1.62 bits per heavy atom. The van der Waals surface area contributed by atoms with E-state index in [4.69, 9.17) is 4.74 Å². The minimum Gasteiger partial charge on any atom is -0.481 e. The highest BCUT2D eigenvalue weighted by molar-refractivity contribution is 8.11. The molecule has 0 aromatic heterocycles. The Labute approximate surface area is 163 Å². The number of unbranched alkanes of at least 4 members (excludes halogenated alkanes) is 9. The molecule has 1 saturated heterocycles. The first kappa shape index (κ1) is 23.3. The lowest BCUT2D eigenvalue weighted by atomic mass is 9.95. The number of cyclic esters (lactones) is 1. The largest absolute Gasteiger partial charge is 0.481 e. The first-order valence-corrected chi connectivity index (χ1v) is 11.2. The molecular formula is C20H37NO4S. The summed E-state index contributed by atoms with van der Waals surface area (Å²) in [6.07, 6.45) is 14.7. The average Bonchev–Trinajstić information content (AvgIpc) is 2.62. The van der Waals surface area contributed by atoms with Crippen molar-refractivity contribution in [2.75, 3.05) is 19.7 Å². The molecule has 1 heterocycles. The molecular weight excluding hydrogens is 350 g/mol. The van der Waals surface area contributed by atoms with E-state index < -0.39 is 5.97 Å². The lowest BCUT2D eigenvalue weighted by Gasteiger charge is -2.23. The fraction of sp³-hybridized carbons (Fsp3) is 0.900. The zero-order valence-corrected chi connectivity index (χ0v) is 17.2. The van der Waals surface area contributed by atoms with Gasteiger partial charge in [0.15, 0.2) is 0 Å². The lowest BCUT2D eigenvalue weighted by molar-refractivity contribution is -0.142. The maximum absolute atomic E-state index is 11.2. The van der Waals surface area contributed by atoms with Gasteiger partial charge in [-0.15, -0.1) is 0 Å². The number of rotatable bonds is 16. The smallest absolute Gasteiger partial charge is 0.382 e. The molecule has 0 bridgehead atoms. The second-order valence-electron chi connectivity index (χ2n) is 7.27. The molecule has 0 aliphatic carbocycles. The first-order valence-electron chi connectivity index (χ1n) is 10.5. The molecule has 1 unspecified atom stereocenters. The SMILES string of the molecule is CCCCC(CCCCCCCCCCCN1CCOC(=O)S1)C(=O)O. The van der Waals surface area contributed by atoms with Gasteiger partial charge in [0.05, 0.1) is 5.92 Å². The fourth-order valence-corrected chi connectivity index (χ4v) is 4.06. The third kappa shape index (κ3) is 11.8. The Hall–Kier alpha value is -0.750. The van der Waals surface area contributed by atoms with Crippen molar-refractivity contribution < 1.29 is 19.4 Å². The number of carboxylic acids is 1. The summed E-state index contributed by atoms with van der Waals surface area (Å²) >= 11 is 1.21. The summed E-state index contributed by atoms with van der Waals surface area (Å²) in [6.45, 7) is 4.46. The molecule has 1 rings (SSSR count). The number of hydrogen-bond acceptors (Lipinski definition) is 5. The molecule has 0 saturated carbocycles. The molecule has 5 nitrogen and oxygen atoms in total. The van der Waals surface area contributed by atoms with Crippen LogP contribution in [-0.4, -0.2) is 40.4 Å². The average molecular weight is 388 g/mol. The highest BCUT2D eigenvalue weighted by atomic mass is 32.2. The van der Waals surface area contributed by atoms with Crippen LogP contribution in [0.3, 0.4) is 0 Å². The van der Waals surface area contributed by atoms with Gasteiger partial charge in [0.1, 0.15) is 6.61 Å². The summed E-state index contributed by atoms with van der Waals surface area (Å²) in [7, 11) is 0. The maximum Gasteiger partial charge on any atom is 0.382 e.